The van der Waals surface area contributed by atoms with Crippen LogP contribution in [0.3, 0.4) is 0 Å². The van der Waals surface area contributed by atoms with Gasteiger partial charge in [-0.25, -0.2) is 0 Å². The average Bonchev–Trinajstić information content (AvgIpc) is 2.19. The Bertz CT molecular complexity index is 350. The highest BCUT2D eigenvalue weighted by Gasteiger charge is 2.17. The van der Waals surface area contributed by atoms with Crippen molar-refractivity contribution in [3.05, 3.63) is 27.7 Å². The van der Waals surface area contributed by atoms with Gasteiger partial charge >= 0.3 is 0 Å². The average molecular weight is 268 g/mol. The van der Waals surface area contributed by atoms with Crippen molar-refractivity contribution in [2.24, 2.45) is 5.92 Å². The van der Waals surface area contributed by atoms with Crippen LogP contribution < -0.4 is 4.74 Å². The summed E-state index contributed by atoms with van der Waals surface area (Å²) in [6.07, 6.45) is 0. The summed E-state index contributed by atoms with van der Waals surface area (Å²) >= 11 is 18.3. The van der Waals surface area contributed by atoms with Crippen LogP contribution in [0.5, 0.6) is 5.75 Å². The van der Waals surface area contributed by atoms with Crippen molar-refractivity contribution in [2.75, 3.05) is 7.11 Å². The zero-order valence-corrected chi connectivity index (χ0v) is 11.1. The van der Waals surface area contributed by atoms with E-state index in [0.717, 1.165) is 5.56 Å². The molecular formula is C11H13Cl3O. The fourth-order valence-electron chi connectivity index (χ4n) is 1.27. The lowest BCUT2D eigenvalue weighted by Gasteiger charge is -2.16. The Kier molecular flexibility index (Phi) is 4.57. The smallest absolute Gasteiger partial charge is 0.138 e. The summed E-state index contributed by atoms with van der Waals surface area (Å²) in [6.45, 7) is 4.07. The number of methoxy groups -OCH3 is 1. The summed E-state index contributed by atoms with van der Waals surface area (Å²) < 4.78 is 5.06. The van der Waals surface area contributed by atoms with Gasteiger partial charge in [-0.05, 0) is 17.5 Å². The highest BCUT2D eigenvalue weighted by atomic mass is 35.5. The molecule has 0 bridgehead atoms. The molecular weight excluding hydrogens is 254 g/mol. The number of benzene rings is 1. The van der Waals surface area contributed by atoms with Crippen molar-refractivity contribution in [2.45, 2.75) is 19.2 Å². The van der Waals surface area contributed by atoms with Crippen molar-refractivity contribution < 1.29 is 4.74 Å². The van der Waals surface area contributed by atoms with Crippen molar-refractivity contribution in [3.8, 4) is 5.75 Å². The first kappa shape index (κ1) is 13.0. The summed E-state index contributed by atoms with van der Waals surface area (Å²) in [5.74, 6) is 0.867. The Morgan fingerprint density at radius 3 is 2.20 bits per heavy atom. The number of rotatable bonds is 3. The normalized spacial score (nSPS) is 13.0. The van der Waals surface area contributed by atoms with E-state index in [2.05, 4.69) is 0 Å². The Labute approximate surface area is 105 Å². The molecule has 1 rings (SSSR count). The first-order valence-corrected chi connectivity index (χ1v) is 5.83. The van der Waals surface area contributed by atoms with Crippen molar-refractivity contribution in [3.63, 3.8) is 0 Å². The van der Waals surface area contributed by atoms with Crippen LogP contribution in [0.4, 0.5) is 0 Å². The van der Waals surface area contributed by atoms with Crippen LogP contribution in [-0.2, 0) is 0 Å². The van der Waals surface area contributed by atoms with Crippen LogP contribution in [0.15, 0.2) is 12.1 Å². The van der Waals surface area contributed by atoms with E-state index >= 15 is 0 Å². The van der Waals surface area contributed by atoms with Gasteiger partial charge in [-0.1, -0.05) is 37.0 Å². The molecule has 0 fully saturated rings. The summed E-state index contributed by atoms with van der Waals surface area (Å²) in [5, 5.41) is 0.981. The quantitative estimate of drug-likeness (QED) is 0.705. The van der Waals surface area contributed by atoms with Crippen LogP contribution in [0.25, 0.3) is 0 Å². The molecule has 1 unspecified atom stereocenters. The van der Waals surface area contributed by atoms with Crippen LogP contribution in [-0.4, -0.2) is 7.11 Å². The fraction of sp³-hybridized carbons (Fsp3) is 0.455. The molecule has 0 N–H and O–H groups in total. The van der Waals surface area contributed by atoms with E-state index in [1.807, 2.05) is 13.8 Å². The molecule has 1 aromatic rings. The van der Waals surface area contributed by atoms with Crippen molar-refractivity contribution in [1.29, 1.82) is 0 Å². The molecule has 0 amide bonds. The molecule has 1 aromatic carbocycles. The lowest BCUT2D eigenvalue weighted by atomic mass is 10.0. The topological polar surface area (TPSA) is 9.23 Å². The lowest BCUT2D eigenvalue weighted by molar-refractivity contribution is 0.415. The third-order valence-corrected chi connectivity index (χ3v) is 3.52. The summed E-state index contributed by atoms with van der Waals surface area (Å²) in [4.78, 5) is 0. The molecule has 0 aliphatic heterocycles. The lowest BCUT2D eigenvalue weighted by Crippen LogP contribution is -2.00. The van der Waals surface area contributed by atoms with Gasteiger partial charge in [-0.2, -0.15) is 0 Å². The maximum absolute atomic E-state index is 6.23. The molecule has 84 valence electrons. The number of alkyl halides is 1. The third-order valence-electron chi connectivity index (χ3n) is 2.15. The third kappa shape index (κ3) is 2.93. The first-order valence-electron chi connectivity index (χ1n) is 4.64. The van der Waals surface area contributed by atoms with E-state index in [9.17, 15) is 0 Å². The highest BCUT2D eigenvalue weighted by molar-refractivity contribution is 6.35. The van der Waals surface area contributed by atoms with Gasteiger partial charge in [-0.3, -0.25) is 0 Å². The SMILES string of the molecule is COc1cc(Cl)c(C(Cl)C(C)C)cc1Cl. The maximum atomic E-state index is 6.23. The summed E-state index contributed by atoms with van der Waals surface area (Å²) in [7, 11) is 1.55. The molecule has 0 aliphatic rings. The number of hydrogen-bond acceptors (Lipinski definition) is 1. The van der Waals surface area contributed by atoms with Gasteiger partial charge in [0.05, 0.1) is 17.5 Å². The van der Waals surface area contributed by atoms with Gasteiger partial charge in [0, 0.05) is 11.1 Å². The Morgan fingerprint density at radius 2 is 1.73 bits per heavy atom. The second-order valence-electron chi connectivity index (χ2n) is 3.65. The predicted molar refractivity (Wildman–Crippen MR) is 66.4 cm³/mol. The molecule has 4 heteroatoms. The zero-order valence-electron chi connectivity index (χ0n) is 8.85. The molecule has 0 heterocycles. The van der Waals surface area contributed by atoms with Gasteiger partial charge in [0.25, 0.3) is 0 Å². The fourth-order valence-corrected chi connectivity index (χ4v) is 2.03. The van der Waals surface area contributed by atoms with Gasteiger partial charge in [0.1, 0.15) is 5.75 Å². The van der Waals surface area contributed by atoms with Gasteiger partial charge in [0.2, 0.25) is 0 Å². The van der Waals surface area contributed by atoms with Crippen LogP contribution in [0.1, 0.15) is 24.8 Å². The van der Waals surface area contributed by atoms with E-state index in [1.54, 1.807) is 19.2 Å². The molecule has 0 spiro atoms. The van der Waals surface area contributed by atoms with E-state index in [4.69, 9.17) is 39.5 Å². The van der Waals surface area contributed by atoms with Gasteiger partial charge in [0.15, 0.2) is 0 Å². The van der Waals surface area contributed by atoms with Crippen molar-refractivity contribution in [1.82, 2.24) is 0 Å². The highest BCUT2D eigenvalue weighted by Crippen LogP contribution is 2.38. The Balaban J connectivity index is 3.15. The molecule has 1 nitrogen and oxygen atoms in total. The first-order chi connectivity index (χ1) is 6.97. The largest absolute Gasteiger partial charge is 0.495 e. The van der Waals surface area contributed by atoms with Crippen LogP contribution in [0.2, 0.25) is 10.0 Å². The minimum absolute atomic E-state index is 0.138. The molecule has 0 radical (unpaired) electrons. The van der Waals surface area contributed by atoms with E-state index in [-0.39, 0.29) is 5.38 Å². The number of ether oxygens (including phenoxy) is 1. The minimum Gasteiger partial charge on any atom is -0.495 e. The second-order valence-corrected chi connectivity index (χ2v) is 4.94. The van der Waals surface area contributed by atoms with Gasteiger partial charge < -0.3 is 4.74 Å². The van der Waals surface area contributed by atoms with Crippen molar-refractivity contribution >= 4 is 34.8 Å². The van der Waals surface area contributed by atoms with Gasteiger partial charge in [-0.15, -0.1) is 11.6 Å². The van der Waals surface area contributed by atoms with E-state index < -0.39 is 0 Å². The van der Waals surface area contributed by atoms with E-state index in [1.165, 1.54) is 0 Å². The Morgan fingerprint density at radius 1 is 1.13 bits per heavy atom. The van der Waals surface area contributed by atoms with Crippen LogP contribution >= 0.6 is 34.8 Å². The number of halogens is 3. The molecule has 0 aliphatic carbocycles. The Hall–Kier alpha value is -0.110. The molecule has 15 heavy (non-hydrogen) atoms. The van der Waals surface area contributed by atoms with Crippen LogP contribution in [0, 0.1) is 5.92 Å². The predicted octanol–water partition coefficient (Wildman–Crippen LogP) is 4.94. The molecule has 0 saturated heterocycles. The molecule has 1 atom stereocenters. The summed E-state index contributed by atoms with van der Waals surface area (Å²) in [5.41, 5.74) is 0.846. The van der Waals surface area contributed by atoms with E-state index in [0.29, 0.717) is 21.7 Å². The molecule has 0 aromatic heterocycles. The monoisotopic (exact) mass is 266 g/mol. The molecule has 0 saturated carbocycles. The standard InChI is InChI=1S/C11H13Cl3O/c1-6(2)11(14)7-4-9(13)10(15-3)5-8(7)12/h4-6,11H,1-3H3. The number of hydrogen-bond donors (Lipinski definition) is 0. The summed E-state index contributed by atoms with van der Waals surface area (Å²) in [6, 6.07) is 3.46. The zero-order chi connectivity index (χ0) is 11.6. The minimum atomic E-state index is -0.138. The maximum Gasteiger partial charge on any atom is 0.138 e. The second kappa shape index (κ2) is 5.29.